The Morgan fingerprint density at radius 2 is 2.15 bits per heavy atom. The van der Waals surface area contributed by atoms with Crippen LogP contribution >= 0.6 is 0 Å². The summed E-state index contributed by atoms with van der Waals surface area (Å²) in [5.74, 6) is -0.919. The molecule has 0 radical (unpaired) electrons. The fourth-order valence-corrected chi connectivity index (χ4v) is 1.17. The van der Waals surface area contributed by atoms with E-state index in [9.17, 15) is 19.7 Å². The van der Waals surface area contributed by atoms with Crippen molar-refractivity contribution in [2.24, 2.45) is 0 Å². The molecule has 0 atom stereocenters. The minimum atomic E-state index is -0.741. The maximum Gasteiger partial charge on any atom is 0.356 e. The molecule has 9 heteroatoms. The Morgan fingerprint density at radius 3 is 2.60 bits per heavy atom. The molecule has 2 N–H and O–H groups in total. The van der Waals surface area contributed by atoms with Crippen LogP contribution in [-0.2, 0) is 14.3 Å². The third kappa shape index (κ3) is 4.37. The van der Waals surface area contributed by atoms with Crippen LogP contribution in [0, 0.1) is 10.1 Å². The van der Waals surface area contributed by atoms with E-state index in [4.69, 9.17) is 0 Å². The van der Waals surface area contributed by atoms with Crippen LogP contribution in [0.4, 0.5) is 11.5 Å². The quantitative estimate of drug-likeness (QED) is 0.349. The van der Waals surface area contributed by atoms with Gasteiger partial charge < -0.3 is 15.4 Å². The lowest BCUT2D eigenvalue weighted by atomic mass is 10.4. The molecule has 9 nitrogen and oxygen atoms in total. The van der Waals surface area contributed by atoms with E-state index in [1.807, 2.05) is 0 Å². The van der Waals surface area contributed by atoms with Gasteiger partial charge in [-0.3, -0.25) is 14.9 Å². The van der Waals surface area contributed by atoms with Crippen LogP contribution in [-0.4, -0.2) is 28.9 Å². The second-order valence-corrected chi connectivity index (χ2v) is 3.53. The van der Waals surface area contributed by atoms with Crippen LogP contribution in [0.1, 0.15) is 6.92 Å². The van der Waals surface area contributed by atoms with Crippen LogP contribution in [0.5, 0.6) is 0 Å². The lowest BCUT2D eigenvalue weighted by Gasteiger charge is -2.06. The minimum absolute atomic E-state index is 0.111. The Morgan fingerprint density at radius 1 is 1.45 bits per heavy atom. The summed E-state index contributed by atoms with van der Waals surface area (Å²) in [5.41, 5.74) is -0.269. The van der Waals surface area contributed by atoms with Crippen molar-refractivity contribution < 1.29 is 19.2 Å². The normalized spacial score (nSPS) is 10.6. The number of esters is 1. The highest BCUT2D eigenvalue weighted by Gasteiger charge is 2.11. The summed E-state index contributed by atoms with van der Waals surface area (Å²) < 4.78 is 4.48. The number of nitro groups is 1. The Balaban J connectivity index is 2.83. The van der Waals surface area contributed by atoms with Gasteiger partial charge in [-0.1, -0.05) is 0 Å². The molecule has 1 heterocycles. The molecule has 1 rings (SSSR count). The number of nitrogens with one attached hydrogen (secondary N) is 2. The van der Waals surface area contributed by atoms with Gasteiger partial charge in [0.1, 0.15) is 17.7 Å². The number of pyridine rings is 1. The third-order valence-corrected chi connectivity index (χ3v) is 2.04. The Labute approximate surface area is 113 Å². The number of amides is 1. The highest BCUT2D eigenvalue weighted by Crippen LogP contribution is 2.11. The van der Waals surface area contributed by atoms with E-state index >= 15 is 0 Å². The maximum absolute atomic E-state index is 11.4. The molecule has 106 valence electrons. The van der Waals surface area contributed by atoms with Gasteiger partial charge in [-0.05, 0) is 6.07 Å². The SMILES string of the molecule is COC(=O)/C(=C/Nc1ccc([N+](=O)[O-])cn1)NC(C)=O. The number of carbonyl (C=O) groups excluding carboxylic acids is 2. The van der Waals surface area contributed by atoms with Crippen LogP contribution in [0.15, 0.2) is 30.2 Å². The van der Waals surface area contributed by atoms with Gasteiger partial charge in [0.2, 0.25) is 5.91 Å². The minimum Gasteiger partial charge on any atom is -0.464 e. The predicted octanol–water partition coefficient (Wildman–Crippen LogP) is 0.552. The van der Waals surface area contributed by atoms with E-state index in [1.165, 1.54) is 32.4 Å². The van der Waals surface area contributed by atoms with Crippen molar-refractivity contribution in [2.45, 2.75) is 6.92 Å². The van der Waals surface area contributed by atoms with Gasteiger partial charge in [-0.15, -0.1) is 0 Å². The van der Waals surface area contributed by atoms with E-state index in [1.54, 1.807) is 0 Å². The maximum atomic E-state index is 11.4. The van der Waals surface area contributed by atoms with E-state index < -0.39 is 16.8 Å². The predicted molar refractivity (Wildman–Crippen MR) is 68.4 cm³/mol. The number of hydrogen-bond donors (Lipinski definition) is 2. The van der Waals surface area contributed by atoms with E-state index in [-0.39, 0.29) is 17.2 Å². The molecule has 1 aromatic heterocycles. The second kappa shape index (κ2) is 6.83. The fourth-order valence-electron chi connectivity index (χ4n) is 1.17. The van der Waals surface area contributed by atoms with Crippen molar-refractivity contribution in [3.05, 3.63) is 40.3 Å². The third-order valence-electron chi connectivity index (χ3n) is 2.04. The molecule has 1 amide bonds. The number of aromatic nitrogens is 1. The van der Waals surface area contributed by atoms with Crippen molar-refractivity contribution in [1.29, 1.82) is 0 Å². The zero-order valence-electron chi connectivity index (χ0n) is 10.7. The molecular formula is C11H12N4O5. The van der Waals surface area contributed by atoms with Gasteiger partial charge in [0.05, 0.1) is 12.0 Å². The first kappa shape index (κ1) is 15.1. The molecule has 0 bridgehead atoms. The summed E-state index contributed by atoms with van der Waals surface area (Å²) in [5, 5.41) is 15.4. The smallest absolute Gasteiger partial charge is 0.356 e. The summed E-state index contributed by atoms with van der Waals surface area (Å²) in [6.45, 7) is 1.24. The highest BCUT2D eigenvalue weighted by atomic mass is 16.6. The second-order valence-electron chi connectivity index (χ2n) is 3.53. The number of ether oxygens (including phenoxy) is 1. The summed E-state index contributed by atoms with van der Waals surface area (Å²) >= 11 is 0. The van der Waals surface area contributed by atoms with Gasteiger partial charge >= 0.3 is 5.97 Å². The largest absolute Gasteiger partial charge is 0.464 e. The number of rotatable bonds is 5. The molecule has 0 saturated heterocycles. The molecule has 0 saturated carbocycles. The zero-order valence-corrected chi connectivity index (χ0v) is 10.7. The van der Waals surface area contributed by atoms with Crippen molar-refractivity contribution >= 4 is 23.4 Å². The molecule has 0 aliphatic heterocycles. The lowest BCUT2D eigenvalue weighted by molar-refractivity contribution is -0.385. The van der Waals surface area contributed by atoms with Gasteiger partial charge in [0, 0.05) is 19.2 Å². The lowest BCUT2D eigenvalue weighted by Crippen LogP contribution is -2.26. The summed E-state index contributed by atoms with van der Waals surface area (Å²) in [6.07, 6.45) is 2.24. The molecule has 0 spiro atoms. The van der Waals surface area contributed by atoms with Gasteiger partial charge in [0.25, 0.3) is 5.69 Å². The number of carbonyl (C=O) groups is 2. The molecule has 0 aromatic carbocycles. The summed E-state index contributed by atoms with van der Waals surface area (Å²) in [6, 6.07) is 2.61. The van der Waals surface area contributed by atoms with Crippen molar-refractivity contribution in [3.8, 4) is 0 Å². The topological polar surface area (TPSA) is 123 Å². The Kier molecular flexibility index (Phi) is 5.15. The number of methoxy groups -OCH3 is 1. The average molecular weight is 280 g/mol. The van der Waals surface area contributed by atoms with E-state index in [0.29, 0.717) is 0 Å². The number of nitrogens with zero attached hydrogens (tertiary/aromatic N) is 2. The monoisotopic (exact) mass is 280 g/mol. The summed E-state index contributed by atoms with van der Waals surface area (Å²) in [4.78, 5) is 35.9. The number of anilines is 1. The van der Waals surface area contributed by atoms with E-state index in [2.05, 4.69) is 20.4 Å². The first-order valence-corrected chi connectivity index (χ1v) is 5.37. The van der Waals surface area contributed by atoms with Crippen LogP contribution < -0.4 is 10.6 Å². The molecule has 1 aromatic rings. The molecule has 20 heavy (non-hydrogen) atoms. The summed E-state index contributed by atoms with van der Waals surface area (Å²) in [7, 11) is 1.17. The molecular weight excluding hydrogens is 268 g/mol. The van der Waals surface area contributed by atoms with Gasteiger partial charge in [0.15, 0.2) is 0 Å². The molecule has 0 aliphatic rings. The van der Waals surface area contributed by atoms with Crippen LogP contribution in [0.2, 0.25) is 0 Å². The highest BCUT2D eigenvalue weighted by molar-refractivity contribution is 5.93. The zero-order chi connectivity index (χ0) is 15.1. The van der Waals surface area contributed by atoms with Crippen LogP contribution in [0.25, 0.3) is 0 Å². The molecule has 0 aliphatic carbocycles. The average Bonchev–Trinajstić information content (AvgIpc) is 2.42. The molecule has 0 unspecified atom stereocenters. The van der Waals surface area contributed by atoms with Gasteiger partial charge in [-0.2, -0.15) is 0 Å². The molecule has 0 fully saturated rings. The Hall–Kier alpha value is -2.97. The van der Waals surface area contributed by atoms with Gasteiger partial charge in [-0.25, -0.2) is 9.78 Å². The van der Waals surface area contributed by atoms with Crippen molar-refractivity contribution in [3.63, 3.8) is 0 Å². The first-order valence-electron chi connectivity index (χ1n) is 5.37. The standard InChI is InChI=1S/C11H12N4O5/c1-7(16)14-9(11(17)20-2)6-13-10-4-3-8(5-12-10)15(18)19/h3-6H,1-2H3,(H,12,13)(H,14,16)/b9-6-. The number of hydrogen-bond acceptors (Lipinski definition) is 7. The first-order chi connectivity index (χ1) is 9.43. The van der Waals surface area contributed by atoms with E-state index in [0.717, 1.165) is 6.20 Å². The Bertz CT molecular complexity index is 552. The van der Waals surface area contributed by atoms with Crippen LogP contribution in [0.3, 0.4) is 0 Å². The fraction of sp³-hybridized carbons (Fsp3) is 0.182. The van der Waals surface area contributed by atoms with Crippen molar-refractivity contribution in [1.82, 2.24) is 10.3 Å². The van der Waals surface area contributed by atoms with Crippen molar-refractivity contribution in [2.75, 3.05) is 12.4 Å².